The highest BCUT2D eigenvalue weighted by molar-refractivity contribution is 14.0. The monoisotopic (exact) mass is 574 g/mol. The number of aliphatic imine (C=N–C) groups is 1. The van der Waals surface area contributed by atoms with Gasteiger partial charge in [-0.1, -0.05) is 26.0 Å². The molecule has 0 spiro atoms. The Kier molecular flexibility index (Phi) is 9.74. The van der Waals surface area contributed by atoms with Crippen molar-refractivity contribution in [2.75, 3.05) is 24.5 Å². The summed E-state index contributed by atoms with van der Waals surface area (Å²) in [6.45, 7) is 10.9. The highest BCUT2D eigenvalue weighted by Crippen LogP contribution is 2.28. The first kappa shape index (κ1) is 24.0. The van der Waals surface area contributed by atoms with Crippen molar-refractivity contribution in [2.45, 2.75) is 46.3 Å². The molecule has 1 atom stereocenters. The van der Waals surface area contributed by atoms with Crippen molar-refractivity contribution in [3.8, 4) is 0 Å². The Bertz CT molecular complexity index is 791. The molecule has 0 radical (unpaired) electrons. The molecule has 1 aliphatic rings. The molecule has 0 bridgehead atoms. The first-order valence-electron chi connectivity index (χ1n) is 10.1. The maximum Gasteiger partial charge on any atom is 0.191 e. The van der Waals surface area contributed by atoms with E-state index >= 15 is 0 Å². The number of halogens is 2. The maximum atomic E-state index is 4.79. The fourth-order valence-corrected chi connectivity index (χ4v) is 4.06. The minimum absolute atomic E-state index is 0. The SMILES string of the molecule is CCNC(=NCc1nccn1CC(C)C)NC1CCN(c2ccccc2Br)C1.I. The Morgan fingerprint density at radius 1 is 1.34 bits per heavy atom. The molecule has 6 nitrogen and oxygen atoms in total. The molecule has 2 heterocycles. The van der Waals surface area contributed by atoms with Gasteiger partial charge in [-0.3, -0.25) is 0 Å². The Morgan fingerprint density at radius 2 is 2.14 bits per heavy atom. The fourth-order valence-electron chi connectivity index (χ4n) is 3.52. The van der Waals surface area contributed by atoms with Crippen molar-refractivity contribution in [3.05, 3.63) is 47.0 Å². The van der Waals surface area contributed by atoms with Crippen LogP contribution in [0.3, 0.4) is 0 Å². The van der Waals surface area contributed by atoms with Crippen LogP contribution in [0.2, 0.25) is 0 Å². The molecule has 2 N–H and O–H groups in total. The molecule has 29 heavy (non-hydrogen) atoms. The molecule has 1 saturated heterocycles. The Balaban J connectivity index is 0.00000300. The highest BCUT2D eigenvalue weighted by atomic mass is 127. The summed E-state index contributed by atoms with van der Waals surface area (Å²) in [6, 6.07) is 8.78. The van der Waals surface area contributed by atoms with Gasteiger partial charge in [0, 0.05) is 49.1 Å². The van der Waals surface area contributed by atoms with Crippen LogP contribution in [-0.2, 0) is 13.1 Å². The molecule has 160 valence electrons. The molecule has 1 aliphatic heterocycles. The van der Waals surface area contributed by atoms with E-state index in [1.54, 1.807) is 0 Å². The second-order valence-corrected chi connectivity index (χ2v) is 8.47. The normalized spacial score (nSPS) is 16.8. The van der Waals surface area contributed by atoms with Crippen LogP contribution in [0.15, 0.2) is 46.1 Å². The van der Waals surface area contributed by atoms with Gasteiger partial charge in [0.15, 0.2) is 5.96 Å². The number of hydrogen-bond acceptors (Lipinski definition) is 3. The van der Waals surface area contributed by atoms with Crippen LogP contribution in [0, 0.1) is 5.92 Å². The largest absolute Gasteiger partial charge is 0.368 e. The Morgan fingerprint density at radius 3 is 2.86 bits per heavy atom. The van der Waals surface area contributed by atoms with E-state index in [1.807, 2.05) is 12.4 Å². The summed E-state index contributed by atoms with van der Waals surface area (Å²) in [6.07, 6.45) is 4.99. The van der Waals surface area contributed by atoms with Crippen LogP contribution in [0.25, 0.3) is 0 Å². The van der Waals surface area contributed by atoms with Gasteiger partial charge in [0.25, 0.3) is 0 Å². The van der Waals surface area contributed by atoms with Crippen LogP contribution in [0.5, 0.6) is 0 Å². The predicted molar refractivity (Wildman–Crippen MR) is 135 cm³/mol. The molecular formula is C21H32BrIN6. The summed E-state index contributed by atoms with van der Waals surface area (Å²) in [5.41, 5.74) is 1.25. The number of guanidine groups is 1. The molecular weight excluding hydrogens is 543 g/mol. The number of imidazole rings is 1. The van der Waals surface area contributed by atoms with Gasteiger partial charge in [-0.05, 0) is 47.3 Å². The summed E-state index contributed by atoms with van der Waals surface area (Å²) >= 11 is 3.67. The lowest BCUT2D eigenvalue weighted by molar-refractivity contribution is 0.507. The lowest BCUT2D eigenvalue weighted by Gasteiger charge is -2.21. The summed E-state index contributed by atoms with van der Waals surface area (Å²) < 4.78 is 3.34. The summed E-state index contributed by atoms with van der Waals surface area (Å²) in [7, 11) is 0. The van der Waals surface area contributed by atoms with Gasteiger partial charge in [-0.15, -0.1) is 24.0 Å². The molecule has 0 amide bonds. The highest BCUT2D eigenvalue weighted by Gasteiger charge is 2.24. The zero-order valence-electron chi connectivity index (χ0n) is 17.4. The lowest BCUT2D eigenvalue weighted by atomic mass is 10.2. The molecule has 1 aromatic carbocycles. The quantitative estimate of drug-likeness (QED) is 0.295. The van der Waals surface area contributed by atoms with Crippen LogP contribution in [-0.4, -0.2) is 41.2 Å². The van der Waals surface area contributed by atoms with Gasteiger partial charge in [-0.2, -0.15) is 0 Å². The first-order valence-corrected chi connectivity index (χ1v) is 10.9. The standard InChI is InChI=1S/C21H31BrN6.HI/c1-4-23-21(25-13-20-24-10-12-28(20)14-16(2)3)26-17-9-11-27(15-17)19-8-6-5-7-18(19)22;/h5-8,10,12,16-17H,4,9,11,13-15H2,1-3H3,(H2,23,25,26);1H. The molecule has 1 unspecified atom stereocenters. The van der Waals surface area contributed by atoms with E-state index in [9.17, 15) is 0 Å². The van der Waals surface area contributed by atoms with E-state index in [0.29, 0.717) is 18.5 Å². The minimum atomic E-state index is 0. The summed E-state index contributed by atoms with van der Waals surface area (Å²) in [4.78, 5) is 11.7. The number of nitrogens with zero attached hydrogens (tertiary/aromatic N) is 4. The zero-order valence-corrected chi connectivity index (χ0v) is 21.4. The number of para-hydroxylation sites is 1. The van der Waals surface area contributed by atoms with Crippen molar-refractivity contribution in [2.24, 2.45) is 10.9 Å². The van der Waals surface area contributed by atoms with Crippen LogP contribution < -0.4 is 15.5 Å². The van der Waals surface area contributed by atoms with Gasteiger partial charge in [0.2, 0.25) is 0 Å². The van der Waals surface area contributed by atoms with Gasteiger partial charge in [0.05, 0.1) is 5.69 Å². The lowest BCUT2D eigenvalue weighted by Crippen LogP contribution is -2.44. The van der Waals surface area contributed by atoms with Gasteiger partial charge >= 0.3 is 0 Å². The second kappa shape index (κ2) is 11.8. The number of nitrogens with one attached hydrogen (secondary N) is 2. The molecule has 8 heteroatoms. The third-order valence-electron chi connectivity index (χ3n) is 4.81. The third-order valence-corrected chi connectivity index (χ3v) is 5.48. The van der Waals surface area contributed by atoms with Crippen molar-refractivity contribution in [3.63, 3.8) is 0 Å². The van der Waals surface area contributed by atoms with E-state index in [1.165, 1.54) is 5.69 Å². The van der Waals surface area contributed by atoms with E-state index in [2.05, 4.69) is 86.1 Å². The number of rotatable bonds is 7. The molecule has 2 aromatic rings. The van der Waals surface area contributed by atoms with Crippen molar-refractivity contribution in [1.29, 1.82) is 0 Å². The van der Waals surface area contributed by atoms with Crippen molar-refractivity contribution in [1.82, 2.24) is 20.2 Å². The van der Waals surface area contributed by atoms with Gasteiger partial charge in [-0.25, -0.2) is 9.98 Å². The van der Waals surface area contributed by atoms with Crippen LogP contribution in [0.1, 0.15) is 33.0 Å². The average molecular weight is 575 g/mol. The Labute approximate surface area is 199 Å². The topological polar surface area (TPSA) is 57.5 Å². The second-order valence-electron chi connectivity index (χ2n) is 7.61. The summed E-state index contributed by atoms with van der Waals surface area (Å²) in [5.74, 6) is 2.46. The molecule has 1 aromatic heterocycles. The van der Waals surface area contributed by atoms with Crippen LogP contribution in [0.4, 0.5) is 5.69 Å². The van der Waals surface area contributed by atoms with Gasteiger partial charge < -0.3 is 20.1 Å². The number of benzene rings is 1. The van der Waals surface area contributed by atoms with E-state index in [-0.39, 0.29) is 24.0 Å². The first-order chi connectivity index (χ1) is 13.6. The van der Waals surface area contributed by atoms with Crippen LogP contribution >= 0.6 is 39.9 Å². The minimum Gasteiger partial charge on any atom is -0.368 e. The molecule has 0 aliphatic carbocycles. The van der Waals surface area contributed by atoms with E-state index in [0.717, 1.165) is 48.9 Å². The van der Waals surface area contributed by atoms with Crippen molar-refractivity contribution < 1.29 is 0 Å². The smallest absolute Gasteiger partial charge is 0.191 e. The number of hydrogen-bond donors (Lipinski definition) is 2. The van der Waals surface area contributed by atoms with Crippen molar-refractivity contribution >= 4 is 51.6 Å². The Hall–Kier alpha value is -1.29. The maximum absolute atomic E-state index is 4.79. The zero-order chi connectivity index (χ0) is 19.9. The van der Waals surface area contributed by atoms with Gasteiger partial charge in [0.1, 0.15) is 12.4 Å². The average Bonchev–Trinajstić information content (AvgIpc) is 3.29. The molecule has 3 rings (SSSR count). The predicted octanol–water partition coefficient (Wildman–Crippen LogP) is 4.25. The number of anilines is 1. The summed E-state index contributed by atoms with van der Waals surface area (Å²) in [5, 5.41) is 6.98. The molecule has 0 saturated carbocycles. The molecule has 1 fully saturated rings. The number of aromatic nitrogens is 2. The van der Waals surface area contributed by atoms with E-state index < -0.39 is 0 Å². The van der Waals surface area contributed by atoms with E-state index in [4.69, 9.17) is 4.99 Å². The fraction of sp³-hybridized carbons (Fsp3) is 0.524. The third kappa shape index (κ3) is 6.87.